The average molecular weight is 444 g/mol. The summed E-state index contributed by atoms with van der Waals surface area (Å²) in [5, 5.41) is 8.61. The number of alkyl halides is 3. The number of benzene rings is 1. The standard InChI is InChI=1S/C18H19F3N4O4S/c1-4-25-13-9-10(18(19,20)21)5-6-11(13)23-16(25)17(2,3)24-30(28,29)14-8-7-12(22-14)15(26)27/h5-9,22,24H,4H2,1-3H3,(H,26,27). The number of fused-ring (bicyclic) bond motifs is 1. The van der Waals surface area contributed by atoms with Gasteiger partial charge in [-0.2, -0.15) is 17.9 Å². The van der Waals surface area contributed by atoms with Crippen molar-refractivity contribution in [1.29, 1.82) is 0 Å². The van der Waals surface area contributed by atoms with Crippen molar-refractivity contribution in [2.75, 3.05) is 0 Å². The number of hydrogen-bond donors (Lipinski definition) is 3. The van der Waals surface area contributed by atoms with Crippen molar-refractivity contribution >= 4 is 27.0 Å². The Hall–Kier alpha value is -2.86. The van der Waals surface area contributed by atoms with Gasteiger partial charge in [0.2, 0.25) is 0 Å². The van der Waals surface area contributed by atoms with E-state index in [9.17, 15) is 26.4 Å². The Balaban J connectivity index is 2.05. The molecule has 30 heavy (non-hydrogen) atoms. The maximum absolute atomic E-state index is 13.1. The number of sulfonamides is 1. The molecule has 0 amide bonds. The van der Waals surface area contributed by atoms with Gasteiger partial charge in [0.1, 0.15) is 16.5 Å². The van der Waals surface area contributed by atoms with Crippen molar-refractivity contribution < 1.29 is 31.5 Å². The van der Waals surface area contributed by atoms with Crippen LogP contribution in [-0.2, 0) is 28.3 Å². The number of aryl methyl sites for hydroxylation is 1. The fraction of sp³-hybridized carbons (Fsp3) is 0.333. The van der Waals surface area contributed by atoms with E-state index in [1.807, 2.05) is 0 Å². The van der Waals surface area contributed by atoms with Gasteiger partial charge in [-0.25, -0.2) is 18.2 Å². The predicted octanol–water partition coefficient (Wildman–Crippen LogP) is 3.31. The van der Waals surface area contributed by atoms with Crippen molar-refractivity contribution in [3.63, 3.8) is 0 Å². The number of aromatic carboxylic acids is 1. The van der Waals surface area contributed by atoms with Crippen LogP contribution in [0.5, 0.6) is 0 Å². The fourth-order valence-electron chi connectivity index (χ4n) is 3.19. The number of halogens is 3. The summed E-state index contributed by atoms with van der Waals surface area (Å²) in [6.07, 6.45) is -4.52. The number of carboxylic acid groups (broad SMARTS) is 1. The molecule has 0 bridgehead atoms. The highest BCUT2D eigenvalue weighted by Gasteiger charge is 2.35. The van der Waals surface area contributed by atoms with Crippen molar-refractivity contribution in [1.82, 2.24) is 19.3 Å². The quantitative estimate of drug-likeness (QED) is 0.539. The molecule has 0 aliphatic heterocycles. The van der Waals surface area contributed by atoms with Crippen molar-refractivity contribution in [3.05, 3.63) is 47.4 Å². The van der Waals surface area contributed by atoms with Gasteiger partial charge in [-0.3, -0.25) is 0 Å². The first-order valence-corrected chi connectivity index (χ1v) is 10.3. The summed E-state index contributed by atoms with van der Waals surface area (Å²) in [7, 11) is -4.17. The molecule has 0 atom stereocenters. The van der Waals surface area contributed by atoms with E-state index < -0.39 is 33.3 Å². The van der Waals surface area contributed by atoms with Crippen molar-refractivity contribution in [2.45, 2.75) is 44.1 Å². The van der Waals surface area contributed by atoms with Crippen LogP contribution in [0.4, 0.5) is 13.2 Å². The highest BCUT2D eigenvalue weighted by atomic mass is 32.2. The minimum atomic E-state index is -4.52. The van der Waals surface area contributed by atoms with Crippen LogP contribution in [-0.4, -0.2) is 34.0 Å². The minimum Gasteiger partial charge on any atom is -0.477 e. The van der Waals surface area contributed by atoms with E-state index in [1.54, 1.807) is 6.92 Å². The van der Waals surface area contributed by atoms with Crippen LogP contribution >= 0.6 is 0 Å². The average Bonchev–Trinajstić information content (AvgIpc) is 3.25. The van der Waals surface area contributed by atoms with Crippen LogP contribution < -0.4 is 4.72 Å². The second-order valence-corrected chi connectivity index (χ2v) is 8.80. The lowest BCUT2D eigenvalue weighted by Gasteiger charge is -2.26. The molecule has 3 rings (SSSR count). The lowest BCUT2D eigenvalue weighted by molar-refractivity contribution is -0.137. The van der Waals surface area contributed by atoms with E-state index in [1.165, 1.54) is 24.5 Å². The zero-order valence-corrected chi connectivity index (χ0v) is 17.0. The topological polar surface area (TPSA) is 117 Å². The minimum absolute atomic E-state index is 0.216. The van der Waals surface area contributed by atoms with Gasteiger partial charge in [0.15, 0.2) is 0 Å². The Morgan fingerprint density at radius 1 is 1.23 bits per heavy atom. The Bertz CT molecular complexity index is 1230. The van der Waals surface area contributed by atoms with E-state index in [0.29, 0.717) is 5.52 Å². The molecule has 2 heterocycles. The van der Waals surface area contributed by atoms with E-state index in [4.69, 9.17) is 5.11 Å². The van der Waals surface area contributed by atoms with Crippen LogP contribution in [0.3, 0.4) is 0 Å². The maximum Gasteiger partial charge on any atom is 0.416 e. The zero-order chi connectivity index (χ0) is 22.5. The van der Waals surface area contributed by atoms with E-state index >= 15 is 0 Å². The van der Waals surface area contributed by atoms with Gasteiger partial charge in [-0.1, -0.05) is 0 Å². The largest absolute Gasteiger partial charge is 0.477 e. The highest BCUT2D eigenvalue weighted by molar-refractivity contribution is 7.89. The molecule has 0 saturated heterocycles. The molecule has 3 N–H and O–H groups in total. The lowest BCUT2D eigenvalue weighted by atomic mass is 10.1. The molecule has 0 spiro atoms. The molecule has 0 unspecified atom stereocenters. The number of carbonyl (C=O) groups is 1. The summed E-state index contributed by atoms with van der Waals surface area (Å²) < 4.78 is 68.7. The SMILES string of the molecule is CCn1c(C(C)(C)NS(=O)(=O)c2ccc(C(=O)O)[nH]2)nc2ccc(C(F)(F)F)cc21. The second kappa shape index (κ2) is 7.13. The number of carboxylic acids is 1. The van der Waals surface area contributed by atoms with Gasteiger partial charge in [0.25, 0.3) is 10.0 Å². The van der Waals surface area contributed by atoms with Crippen LogP contribution in [0, 0.1) is 0 Å². The van der Waals surface area contributed by atoms with Gasteiger partial charge in [0, 0.05) is 6.54 Å². The normalized spacial score (nSPS) is 13.1. The molecule has 2 aromatic heterocycles. The molecular formula is C18H19F3N4O4S. The fourth-order valence-corrected chi connectivity index (χ4v) is 4.55. The molecular weight excluding hydrogens is 425 g/mol. The first-order chi connectivity index (χ1) is 13.8. The maximum atomic E-state index is 13.1. The molecule has 8 nitrogen and oxygen atoms in total. The third-order valence-corrected chi connectivity index (χ3v) is 6.12. The zero-order valence-electron chi connectivity index (χ0n) is 16.2. The molecule has 3 aromatic rings. The van der Waals surface area contributed by atoms with Crippen molar-refractivity contribution in [2.24, 2.45) is 0 Å². The van der Waals surface area contributed by atoms with Gasteiger partial charge >= 0.3 is 12.1 Å². The molecule has 162 valence electrons. The summed E-state index contributed by atoms with van der Waals surface area (Å²) in [6, 6.07) is 5.36. The molecule has 0 aliphatic carbocycles. The number of imidazole rings is 1. The van der Waals surface area contributed by atoms with E-state index in [-0.39, 0.29) is 28.6 Å². The Morgan fingerprint density at radius 3 is 2.43 bits per heavy atom. The van der Waals surface area contributed by atoms with Gasteiger partial charge in [-0.15, -0.1) is 0 Å². The molecule has 0 fully saturated rings. The summed E-state index contributed by atoms with van der Waals surface area (Å²) in [6.45, 7) is 5.00. The Labute approximate surface area is 169 Å². The van der Waals surface area contributed by atoms with Crippen molar-refractivity contribution in [3.8, 4) is 0 Å². The number of rotatable bonds is 6. The summed E-state index contributed by atoms with van der Waals surface area (Å²) >= 11 is 0. The first kappa shape index (κ1) is 21.8. The first-order valence-electron chi connectivity index (χ1n) is 8.80. The number of aromatic amines is 1. The second-order valence-electron chi connectivity index (χ2n) is 7.15. The molecule has 1 aromatic carbocycles. The van der Waals surface area contributed by atoms with E-state index in [0.717, 1.165) is 24.3 Å². The van der Waals surface area contributed by atoms with E-state index in [2.05, 4.69) is 14.7 Å². The van der Waals surface area contributed by atoms with Crippen LogP contribution in [0.2, 0.25) is 0 Å². The summed E-state index contributed by atoms with van der Waals surface area (Å²) in [5.74, 6) is -1.10. The molecule has 0 radical (unpaired) electrons. The molecule has 12 heteroatoms. The monoisotopic (exact) mass is 444 g/mol. The molecule has 0 saturated carbocycles. The highest BCUT2D eigenvalue weighted by Crippen LogP contribution is 2.33. The lowest BCUT2D eigenvalue weighted by Crippen LogP contribution is -2.43. The van der Waals surface area contributed by atoms with Crippen LogP contribution in [0.1, 0.15) is 42.6 Å². The summed E-state index contributed by atoms with van der Waals surface area (Å²) in [4.78, 5) is 17.6. The summed E-state index contributed by atoms with van der Waals surface area (Å²) in [5.41, 5.74) is -1.93. The van der Waals surface area contributed by atoms with Crippen LogP contribution in [0.15, 0.2) is 35.4 Å². The Morgan fingerprint density at radius 2 is 1.90 bits per heavy atom. The number of hydrogen-bond acceptors (Lipinski definition) is 4. The molecule has 0 aliphatic rings. The predicted molar refractivity (Wildman–Crippen MR) is 102 cm³/mol. The van der Waals surface area contributed by atoms with Gasteiger partial charge < -0.3 is 14.7 Å². The number of H-pyrrole nitrogens is 1. The Kier molecular flexibility index (Phi) is 5.19. The van der Waals surface area contributed by atoms with Gasteiger partial charge in [-0.05, 0) is 51.1 Å². The third kappa shape index (κ3) is 3.92. The number of nitrogens with zero attached hydrogens (tertiary/aromatic N) is 2. The third-order valence-electron chi connectivity index (χ3n) is 4.52. The van der Waals surface area contributed by atoms with Crippen LogP contribution in [0.25, 0.3) is 11.0 Å². The number of nitrogens with one attached hydrogen (secondary N) is 2. The number of aromatic nitrogens is 3. The smallest absolute Gasteiger partial charge is 0.416 e. The van der Waals surface area contributed by atoms with Gasteiger partial charge in [0.05, 0.1) is 22.1 Å².